The zero-order chi connectivity index (χ0) is 14.7. The molecule has 2 amide bonds. The fraction of sp³-hybridized carbons (Fsp3) is 0. The fourth-order valence-corrected chi connectivity index (χ4v) is 1.79. The number of thiol groups is 1. The van der Waals surface area contributed by atoms with Crippen LogP contribution in [0.15, 0.2) is 47.4 Å². The second-order valence-electron chi connectivity index (χ2n) is 4.06. The molecule has 0 fully saturated rings. The summed E-state index contributed by atoms with van der Waals surface area (Å²) in [4.78, 5) is 23.0. The lowest BCUT2D eigenvalue weighted by atomic mass is 10.1. The van der Waals surface area contributed by atoms with E-state index in [1.165, 1.54) is 30.3 Å². The van der Waals surface area contributed by atoms with Crippen LogP contribution in [-0.4, -0.2) is 11.8 Å². The Hall–Kier alpha value is -2.34. The third-order valence-corrected chi connectivity index (χ3v) is 2.98. The number of rotatable bonds is 3. The van der Waals surface area contributed by atoms with Gasteiger partial charge in [-0.3, -0.25) is 9.59 Å². The minimum atomic E-state index is -0.541. The summed E-state index contributed by atoms with van der Waals surface area (Å²) in [6.07, 6.45) is 0. The highest BCUT2D eigenvalue weighted by Gasteiger charge is 2.09. The molecule has 0 aliphatic rings. The van der Waals surface area contributed by atoms with Crippen LogP contribution in [0.3, 0.4) is 0 Å². The first-order chi connectivity index (χ1) is 9.47. The zero-order valence-corrected chi connectivity index (χ0v) is 11.2. The van der Waals surface area contributed by atoms with Crippen molar-refractivity contribution in [1.29, 1.82) is 0 Å². The van der Waals surface area contributed by atoms with Gasteiger partial charge in [0.15, 0.2) is 0 Å². The molecule has 3 N–H and O–H groups in total. The van der Waals surface area contributed by atoms with Gasteiger partial charge in [-0.2, -0.15) is 0 Å². The maximum Gasteiger partial charge on any atom is 0.255 e. The molecule has 0 radical (unpaired) electrons. The van der Waals surface area contributed by atoms with Gasteiger partial charge in [0.05, 0.1) is 0 Å². The van der Waals surface area contributed by atoms with Crippen LogP contribution in [-0.2, 0) is 0 Å². The Morgan fingerprint density at radius 3 is 2.20 bits per heavy atom. The van der Waals surface area contributed by atoms with Crippen LogP contribution < -0.4 is 11.1 Å². The van der Waals surface area contributed by atoms with Crippen molar-refractivity contribution in [3.63, 3.8) is 0 Å². The van der Waals surface area contributed by atoms with Crippen LogP contribution in [0, 0.1) is 5.82 Å². The standard InChI is InChI=1S/C14H11FN2O2S/c15-11-6-3-9(7-12(11)20)14(19)17-10-4-1-8(2-5-10)13(16)18/h1-7,20H,(H2,16,18)(H,17,19). The molecule has 0 saturated carbocycles. The molecular formula is C14H11FN2O2S. The molecule has 0 bridgehead atoms. The Bertz CT molecular complexity index is 671. The van der Waals surface area contributed by atoms with Crippen molar-refractivity contribution in [2.45, 2.75) is 4.90 Å². The predicted octanol–water partition coefficient (Wildman–Crippen LogP) is 2.47. The predicted molar refractivity (Wildman–Crippen MR) is 76.6 cm³/mol. The van der Waals surface area contributed by atoms with Gasteiger partial charge in [0.25, 0.3) is 5.91 Å². The van der Waals surface area contributed by atoms with Crippen molar-refractivity contribution >= 4 is 30.1 Å². The third-order valence-electron chi connectivity index (χ3n) is 2.64. The number of primary amides is 1. The molecule has 0 unspecified atom stereocenters. The van der Waals surface area contributed by atoms with Gasteiger partial charge in [-0.1, -0.05) is 0 Å². The van der Waals surface area contributed by atoms with Gasteiger partial charge in [-0.15, -0.1) is 12.6 Å². The van der Waals surface area contributed by atoms with Gasteiger partial charge in [0.1, 0.15) is 5.82 Å². The van der Waals surface area contributed by atoms with Crippen molar-refractivity contribution in [3.8, 4) is 0 Å². The number of nitrogens with two attached hydrogens (primary N) is 1. The van der Waals surface area contributed by atoms with Crippen molar-refractivity contribution in [3.05, 3.63) is 59.4 Å². The summed E-state index contributed by atoms with van der Waals surface area (Å²) in [6, 6.07) is 10.0. The first kappa shape index (κ1) is 14.1. The van der Waals surface area contributed by atoms with E-state index in [9.17, 15) is 14.0 Å². The molecule has 0 heterocycles. The Kier molecular flexibility index (Phi) is 4.05. The normalized spacial score (nSPS) is 10.1. The highest BCUT2D eigenvalue weighted by atomic mass is 32.1. The van der Waals surface area contributed by atoms with Crippen LogP contribution in [0.2, 0.25) is 0 Å². The average molecular weight is 290 g/mol. The Morgan fingerprint density at radius 1 is 1.05 bits per heavy atom. The molecular weight excluding hydrogens is 279 g/mol. The monoisotopic (exact) mass is 290 g/mol. The van der Waals surface area contributed by atoms with Crippen molar-refractivity contribution in [2.24, 2.45) is 5.73 Å². The maximum atomic E-state index is 13.1. The van der Waals surface area contributed by atoms with E-state index in [-0.39, 0.29) is 10.5 Å². The molecule has 0 aliphatic heterocycles. The molecule has 2 aromatic rings. The van der Waals surface area contributed by atoms with E-state index in [1.807, 2.05) is 0 Å². The first-order valence-electron chi connectivity index (χ1n) is 5.67. The van der Waals surface area contributed by atoms with Crippen LogP contribution in [0.25, 0.3) is 0 Å². The molecule has 102 valence electrons. The number of anilines is 1. The summed E-state index contributed by atoms with van der Waals surface area (Å²) >= 11 is 3.92. The summed E-state index contributed by atoms with van der Waals surface area (Å²) < 4.78 is 13.1. The number of benzene rings is 2. The Labute approximate surface area is 120 Å². The van der Waals surface area contributed by atoms with Gasteiger partial charge in [-0.25, -0.2) is 4.39 Å². The van der Waals surface area contributed by atoms with E-state index in [0.717, 1.165) is 0 Å². The highest BCUT2D eigenvalue weighted by molar-refractivity contribution is 7.80. The number of hydrogen-bond donors (Lipinski definition) is 3. The minimum absolute atomic E-state index is 0.0988. The van der Waals surface area contributed by atoms with Crippen LogP contribution >= 0.6 is 12.6 Å². The molecule has 0 aromatic heterocycles. The zero-order valence-electron chi connectivity index (χ0n) is 10.3. The summed E-state index contributed by atoms with van der Waals surface area (Å²) in [5, 5.41) is 2.62. The van der Waals surface area contributed by atoms with E-state index >= 15 is 0 Å². The molecule has 0 spiro atoms. The van der Waals surface area contributed by atoms with Crippen LogP contribution in [0.5, 0.6) is 0 Å². The molecule has 2 rings (SSSR count). The molecule has 6 heteroatoms. The van der Waals surface area contributed by atoms with E-state index in [4.69, 9.17) is 5.73 Å². The van der Waals surface area contributed by atoms with Gasteiger partial charge in [-0.05, 0) is 42.5 Å². The van der Waals surface area contributed by atoms with E-state index in [1.54, 1.807) is 12.1 Å². The SMILES string of the molecule is NC(=O)c1ccc(NC(=O)c2ccc(F)c(S)c2)cc1. The second kappa shape index (κ2) is 5.75. The summed E-state index contributed by atoms with van der Waals surface area (Å²) in [5.41, 5.74) is 6.26. The molecule has 2 aromatic carbocycles. The average Bonchev–Trinajstić information content (AvgIpc) is 2.42. The van der Waals surface area contributed by atoms with E-state index in [2.05, 4.69) is 17.9 Å². The molecule has 0 saturated heterocycles. The Balaban J connectivity index is 2.14. The highest BCUT2D eigenvalue weighted by Crippen LogP contribution is 2.16. The van der Waals surface area contributed by atoms with Gasteiger partial charge in [0, 0.05) is 21.7 Å². The lowest BCUT2D eigenvalue weighted by molar-refractivity contribution is 0.0998. The fourth-order valence-electron chi connectivity index (χ4n) is 1.57. The summed E-state index contributed by atoms with van der Waals surface area (Å²) in [5.74, 6) is -1.43. The van der Waals surface area contributed by atoms with E-state index < -0.39 is 17.6 Å². The minimum Gasteiger partial charge on any atom is -0.366 e. The molecule has 20 heavy (non-hydrogen) atoms. The van der Waals surface area contributed by atoms with Crippen molar-refractivity contribution in [2.75, 3.05) is 5.32 Å². The maximum absolute atomic E-state index is 13.1. The lowest BCUT2D eigenvalue weighted by Crippen LogP contribution is -2.13. The summed E-state index contributed by atoms with van der Waals surface area (Å²) in [6.45, 7) is 0. The number of amides is 2. The molecule has 0 aliphatic carbocycles. The first-order valence-corrected chi connectivity index (χ1v) is 6.12. The van der Waals surface area contributed by atoms with Crippen LogP contribution in [0.1, 0.15) is 20.7 Å². The topological polar surface area (TPSA) is 72.2 Å². The summed E-state index contributed by atoms with van der Waals surface area (Å²) in [7, 11) is 0. The lowest BCUT2D eigenvalue weighted by Gasteiger charge is -2.06. The van der Waals surface area contributed by atoms with Crippen molar-refractivity contribution < 1.29 is 14.0 Å². The Morgan fingerprint density at radius 2 is 1.65 bits per heavy atom. The number of nitrogens with one attached hydrogen (secondary N) is 1. The number of carbonyl (C=O) groups is 2. The molecule has 4 nitrogen and oxygen atoms in total. The van der Waals surface area contributed by atoms with Gasteiger partial charge >= 0.3 is 0 Å². The smallest absolute Gasteiger partial charge is 0.255 e. The quantitative estimate of drug-likeness (QED) is 0.760. The van der Waals surface area contributed by atoms with Crippen molar-refractivity contribution in [1.82, 2.24) is 0 Å². The van der Waals surface area contributed by atoms with Gasteiger partial charge < -0.3 is 11.1 Å². The number of halogens is 1. The van der Waals surface area contributed by atoms with Crippen LogP contribution in [0.4, 0.5) is 10.1 Å². The molecule has 0 atom stereocenters. The third kappa shape index (κ3) is 3.16. The number of carbonyl (C=O) groups excluding carboxylic acids is 2. The van der Waals surface area contributed by atoms with E-state index in [0.29, 0.717) is 11.3 Å². The second-order valence-corrected chi connectivity index (χ2v) is 4.54. The largest absolute Gasteiger partial charge is 0.366 e. The number of hydrogen-bond acceptors (Lipinski definition) is 3. The van der Waals surface area contributed by atoms with Gasteiger partial charge in [0.2, 0.25) is 5.91 Å².